The number of likely N-dealkylation sites (tertiary alicyclic amines) is 1. The molecule has 2 aliphatic heterocycles. The summed E-state index contributed by atoms with van der Waals surface area (Å²) in [7, 11) is 0. The molecule has 7 nitrogen and oxygen atoms in total. The van der Waals surface area contributed by atoms with E-state index in [2.05, 4.69) is 19.8 Å². The molecule has 4 rings (SSSR count). The van der Waals surface area contributed by atoms with Gasteiger partial charge in [0.1, 0.15) is 5.82 Å². The Balaban J connectivity index is 1.18. The highest BCUT2D eigenvalue weighted by atomic mass is 16.2. The summed E-state index contributed by atoms with van der Waals surface area (Å²) in [5, 5.41) is 0. The van der Waals surface area contributed by atoms with Crippen LogP contribution in [0.25, 0.3) is 0 Å². The van der Waals surface area contributed by atoms with Crippen molar-refractivity contribution in [1.82, 2.24) is 19.8 Å². The fraction of sp³-hybridized carbons (Fsp3) is 0.700. The number of piperazine rings is 1. The molecule has 0 radical (unpaired) electrons. The minimum atomic E-state index is 0.0912. The Kier molecular flexibility index (Phi) is 5.66. The Bertz CT molecular complexity index is 638. The molecule has 0 spiro atoms. The number of rotatable bonds is 6. The number of hydrogen-bond donors (Lipinski definition) is 0. The maximum Gasteiger partial charge on any atom is 0.232 e. The van der Waals surface area contributed by atoms with Crippen LogP contribution in [0.5, 0.6) is 0 Å². The van der Waals surface area contributed by atoms with Gasteiger partial charge in [-0.15, -0.1) is 0 Å². The van der Waals surface area contributed by atoms with E-state index in [0.717, 1.165) is 77.1 Å². The molecule has 2 atom stereocenters. The third-order valence-corrected chi connectivity index (χ3v) is 6.26. The first-order valence-corrected chi connectivity index (χ1v) is 10.3. The molecule has 1 aromatic heterocycles. The first-order valence-electron chi connectivity index (χ1n) is 10.3. The lowest BCUT2D eigenvalue weighted by atomic mass is 9.77. The van der Waals surface area contributed by atoms with Gasteiger partial charge in [0.15, 0.2) is 0 Å². The standard InChI is InChI=1S/C20H29N5O2/c26-19-16-4-3-5-17(14-16)20(27)25(19)9-2-1-8-23-10-12-24(13-11-23)18-15-21-6-7-22-18/h6-7,15-17H,1-5,8-14H2. The maximum absolute atomic E-state index is 12.5. The van der Waals surface area contributed by atoms with Crippen molar-refractivity contribution in [3.8, 4) is 0 Å². The molecule has 3 heterocycles. The zero-order valence-electron chi connectivity index (χ0n) is 15.9. The Morgan fingerprint density at radius 2 is 1.63 bits per heavy atom. The Labute approximate surface area is 160 Å². The topological polar surface area (TPSA) is 69.6 Å². The average Bonchev–Trinajstić information content (AvgIpc) is 2.73. The van der Waals surface area contributed by atoms with Gasteiger partial charge in [-0.1, -0.05) is 6.42 Å². The molecule has 1 aromatic rings. The van der Waals surface area contributed by atoms with Gasteiger partial charge in [-0.2, -0.15) is 0 Å². The number of carbonyl (C=O) groups is 2. The van der Waals surface area contributed by atoms with Crippen LogP contribution in [0.2, 0.25) is 0 Å². The van der Waals surface area contributed by atoms with Crippen molar-refractivity contribution < 1.29 is 9.59 Å². The van der Waals surface area contributed by atoms with Crippen LogP contribution in [0, 0.1) is 11.8 Å². The van der Waals surface area contributed by atoms with Gasteiger partial charge < -0.3 is 4.90 Å². The van der Waals surface area contributed by atoms with Crippen LogP contribution in [-0.2, 0) is 9.59 Å². The highest BCUT2D eigenvalue weighted by Crippen LogP contribution is 2.36. The van der Waals surface area contributed by atoms with Gasteiger partial charge >= 0.3 is 0 Å². The van der Waals surface area contributed by atoms with E-state index in [1.54, 1.807) is 17.3 Å². The smallest absolute Gasteiger partial charge is 0.232 e. The van der Waals surface area contributed by atoms with Crippen LogP contribution in [0.4, 0.5) is 5.82 Å². The molecule has 2 saturated heterocycles. The molecule has 1 aliphatic carbocycles. The van der Waals surface area contributed by atoms with E-state index in [9.17, 15) is 9.59 Å². The average molecular weight is 371 g/mol. The summed E-state index contributed by atoms with van der Waals surface area (Å²) < 4.78 is 0. The van der Waals surface area contributed by atoms with E-state index in [4.69, 9.17) is 0 Å². The summed E-state index contributed by atoms with van der Waals surface area (Å²) in [6, 6.07) is 0. The lowest BCUT2D eigenvalue weighted by molar-refractivity contribution is -0.158. The third kappa shape index (κ3) is 4.13. The highest BCUT2D eigenvalue weighted by Gasteiger charge is 2.42. The molecule has 2 amide bonds. The second-order valence-electron chi connectivity index (χ2n) is 7.99. The summed E-state index contributed by atoms with van der Waals surface area (Å²) in [4.78, 5) is 39.8. The lowest BCUT2D eigenvalue weighted by Gasteiger charge is -2.39. The van der Waals surface area contributed by atoms with Gasteiger partial charge in [0, 0.05) is 57.0 Å². The van der Waals surface area contributed by atoms with E-state index in [-0.39, 0.29) is 23.7 Å². The van der Waals surface area contributed by atoms with Crippen LogP contribution in [-0.4, -0.2) is 70.9 Å². The van der Waals surface area contributed by atoms with E-state index in [1.165, 1.54) is 0 Å². The monoisotopic (exact) mass is 371 g/mol. The van der Waals surface area contributed by atoms with E-state index in [0.29, 0.717) is 6.54 Å². The van der Waals surface area contributed by atoms with Gasteiger partial charge in [-0.05, 0) is 38.6 Å². The number of anilines is 1. The Morgan fingerprint density at radius 3 is 2.30 bits per heavy atom. The summed E-state index contributed by atoms with van der Waals surface area (Å²) in [5.41, 5.74) is 0. The van der Waals surface area contributed by atoms with Crippen molar-refractivity contribution in [1.29, 1.82) is 0 Å². The van der Waals surface area contributed by atoms with E-state index < -0.39 is 0 Å². The molecule has 3 aliphatic rings. The molecule has 0 N–H and O–H groups in total. The van der Waals surface area contributed by atoms with Crippen molar-refractivity contribution >= 4 is 17.6 Å². The number of nitrogens with zero attached hydrogens (tertiary/aromatic N) is 5. The van der Waals surface area contributed by atoms with Crippen LogP contribution < -0.4 is 4.90 Å². The van der Waals surface area contributed by atoms with Crippen LogP contribution in [0.3, 0.4) is 0 Å². The number of aromatic nitrogens is 2. The van der Waals surface area contributed by atoms with Crippen molar-refractivity contribution in [2.45, 2.75) is 38.5 Å². The Morgan fingerprint density at radius 1 is 0.926 bits per heavy atom. The molecule has 27 heavy (non-hydrogen) atoms. The van der Waals surface area contributed by atoms with Gasteiger partial charge in [-0.3, -0.25) is 24.4 Å². The van der Waals surface area contributed by atoms with Gasteiger partial charge in [-0.25, -0.2) is 4.98 Å². The largest absolute Gasteiger partial charge is 0.353 e. The third-order valence-electron chi connectivity index (χ3n) is 6.26. The van der Waals surface area contributed by atoms with E-state index >= 15 is 0 Å². The number of fused-ring (bicyclic) bond motifs is 2. The first-order chi connectivity index (χ1) is 13.2. The van der Waals surface area contributed by atoms with E-state index in [1.807, 2.05) is 6.20 Å². The number of piperidine rings is 1. The molecule has 2 unspecified atom stereocenters. The quantitative estimate of drug-likeness (QED) is 0.558. The molecule has 1 saturated carbocycles. The minimum absolute atomic E-state index is 0.0912. The first kappa shape index (κ1) is 18.3. The van der Waals surface area contributed by atoms with Gasteiger partial charge in [0.05, 0.1) is 6.20 Å². The van der Waals surface area contributed by atoms with Crippen molar-refractivity contribution in [2.75, 3.05) is 44.2 Å². The fourth-order valence-corrected chi connectivity index (χ4v) is 4.67. The molecule has 3 fully saturated rings. The van der Waals surface area contributed by atoms with Crippen LogP contribution in [0.15, 0.2) is 18.6 Å². The lowest BCUT2D eigenvalue weighted by Crippen LogP contribution is -2.51. The molecule has 7 heteroatoms. The molecule has 2 bridgehead atoms. The predicted octanol–water partition coefficient (Wildman–Crippen LogP) is 1.55. The summed E-state index contributed by atoms with van der Waals surface area (Å²) in [5.74, 6) is 1.35. The van der Waals surface area contributed by atoms with Crippen molar-refractivity contribution in [2.24, 2.45) is 11.8 Å². The molecular formula is C20H29N5O2. The van der Waals surface area contributed by atoms with Gasteiger partial charge in [0.2, 0.25) is 11.8 Å². The predicted molar refractivity (Wildman–Crippen MR) is 102 cm³/mol. The SMILES string of the molecule is O=C1C2CCCC(C2)C(=O)N1CCCCN1CCN(c2cnccn2)CC1. The summed E-state index contributed by atoms with van der Waals surface area (Å²) in [6.07, 6.45) is 10.9. The second kappa shape index (κ2) is 8.33. The summed E-state index contributed by atoms with van der Waals surface area (Å²) in [6.45, 7) is 5.59. The zero-order valence-corrected chi connectivity index (χ0v) is 15.9. The zero-order chi connectivity index (χ0) is 18.6. The van der Waals surface area contributed by atoms with Gasteiger partial charge in [0.25, 0.3) is 0 Å². The number of hydrogen-bond acceptors (Lipinski definition) is 6. The van der Waals surface area contributed by atoms with Crippen LogP contribution in [0.1, 0.15) is 38.5 Å². The number of carbonyl (C=O) groups excluding carboxylic acids is 2. The van der Waals surface area contributed by atoms with Crippen LogP contribution >= 0.6 is 0 Å². The Hall–Kier alpha value is -2.02. The molecule has 0 aromatic carbocycles. The van der Waals surface area contributed by atoms with Crippen molar-refractivity contribution in [3.05, 3.63) is 18.6 Å². The molecule has 146 valence electrons. The maximum atomic E-state index is 12.5. The minimum Gasteiger partial charge on any atom is -0.353 e. The number of imide groups is 1. The number of amides is 2. The normalized spacial score (nSPS) is 26.5. The van der Waals surface area contributed by atoms with Crippen molar-refractivity contribution in [3.63, 3.8) is 0 Å². The molecular weight excluding hydrogens is 342 g/mol. The highest BCUT2D eigenvalue weighted by molar-refractivity contribution is 6.00. The fourth-order valence-electron chi connectivity index (χ4n) is 4.67. The second-order valence-corrected chi connectivity index (χ2v) is 7.99. The summed E-state index contributed by atoms with van der Waals surface area (Å²) >= 11 is 0. The number of unbranched alkanes of at least 4 members (excludes halogenated alkanes) is 1.